The average molecular weight is 255 g/mol. The van der Waals surface area contributed by atoms with Crippen LogP contribution in [0.15, 0.2) is 18.2 Å². The third kappa shape index (κ3) is 3.42. The van der Waals surface area contributed by atoms with Crippen LogP contribution in [-0.4, -0.2) is 35.8 Å². The highest BCUT2D eigenvalue weighted by atomic mass is 16.6. The second-order valence-corrected chi connectivity index (χ2v) is 3.61. The predicted octanol–water partition coefficient (Wildman–Crippen LogP) is 1.38. The van der Waals surface area contributed by atoms with Gasteiger partial charge in [-0.2, -0.15) is 0 Å². The van der Waals surface area contributed by atoms with Crippen molar-refractivity contribution in [2.45, 2.75) is 13.0 Å². The number of nitro groups is 1. The van der Waals surface area contributed by atoms with Crippen molar-refractivity contribution in [3.05, 3.63) is 33.9 Å². The van der Waals surface area contributed by atoms with E-state index in [0.717, 1.165) is 0 Å². The molecule has 0 spiro atoms. The van der Waals surface area contributed by atoms with Crippen molar-refractivity contribution in [2.75, 3.05) is 13.7 Å². The molecule has 1 aromatic rings. The van der Waals surface area contributed by atoms with Gasteiger partial charge in [0.25, 0.3) is 5.69 Å². The highest BCUT2D eigenvalue weighted by Gasteiger charge is 2.20. The minimum absolute atomic E-state index is 0.0408. The van der Waals surface area contributed by atoms with Gasteiger partial charge in [-0.05, 0) is 19.1 Å². The molecule has 1 rings (SSSR count). The molecule has 0 bridgehead atoms. The molecule has 0 aliphatic carbocycles. The van der Waals surface area contributed by atoms with Crippen molar-refractivity contribution in [3.8, 4) is 5.75 Å². The standard InChI is InChI=1S/C11H13NO6/c1-7-5-8(3-4-9(7)12(15)16)18-10(6-17-2)11(13)14/h3-5,10H,6H2,1-2H3,(H,13,14). The van der Waals surface area contributed by atoms with E-state index in [2.05, 4.69) is 0 Å². The Labute approximate surface area is 103 Å². The molecule has 0 aliphatic rings. The predicted molar refractivity (Wildman–Crippen MR) is 61.8 cm³/mol. The zero-order valence-corrected chi connectivity index (χ0v) is 9.95. The van der Waals surface area contributed by atoms with Crippen LogP contribution in [0.3, 0.4) is 0 Å². The number of nitro benzene ring substituents is 1. The number of carbonyl (C=O) groups is 1. The number of benzene rings is 1. The molecule has 0 amide bonds. The molecule has 0 aliphatic heterocycles. The van der Waals surface area contributed by atoms with Crippen LogP contribution in [0, 0.1) is 17.0 Å². The van der Waals surface area contributed by atoms with E-state index in [0.29, 0.717) is 5.56 Å². The molecular formula is C11H13NO6. The third-order valence-corrected chi connectivity index (χ3v) is 2.24. The fraction of sp³-hybridized carbons (Fsp3) is 0.364. The van der Waals surface area contributed by atoms with Gasteiger partial charge < -0.3 is 14.6 Å². The summed E-state index contributed by atoms with van der Waals surface area (Å²) in [6.07, 6.45) is -1.14. The second kappa shape index (κ2) is 5.97. The number of aliphatic carboxylic acids is 1. The summed E-state index contributed by atoms with van der Waals surface area (Å²) in [5.74, 6) is -0.907. The van der Waals surface area contributed by atoms with E-state index in [9.17, 15) is 14.9 Å². The number of carboxylic acid groups (broad SMARTS) is 1. The van der Waals surface area contributed by atoms with Gasteiger partial charge in [-0.3, -0.25) is 10.1 Å². The summed E-state index contributed by atoms with van der Waals surface area (Å²) < 4.78 is 9.90. The van der Waals surface area contributed by atoms with Crippen LogP contribution in [0.5, 0.6) is 5.75 Å². The third-order valence-electron chi connectivity index (χ3n) is 2.24. The van der Waals surface area contributed by atoms with Gasteiger partial charge in [-0.25, -0.2) is 4.79 Å². The molecule has 1 atom stereocenters. The molecule has 0 saturated heterocycles. The van der Waals surface area contributed by atoms with Gasteiger partial charge in [0.1, 0.15) is 5.75 Å². The van der Waals surface area contributed by atoms with Crippen LogP contribution >= 0.6 is 0 Å². The lowest BCUT2D eigenvalue weighted by atomic mass is 10.2. The summed E-state index contributed by atoms with van der Waals surface area (Å²) in [6.45, 7) is 1.45. The van der Waals surface area contributed by atoms with Crippen LogP contribution in [0.4, 0.5) is 5.69 Å². The molecule has 7 nitrogen and oxygen atoms in total. The average Bonchev–Trinajstić information content (AvgIpc) is 2.27. The maximum Gasteiger partial charge on any atom is 0.347 e. The van der Waals surface area contributed by atoms with Gasteiger partial charge >= 0.3 is 5.97 Å². The second-order valence-electron chi connectivity index (χ2n) is 3.61. The van der Waals surface area contributed by atoms with E-state index in [4.69, 9.17) is 14.6 Å². The fourth-order valence-corrected chi connectivity index (χ4v) is 1.38. The fourth-order valence-electron chi connectivity index (χ4n) is 1.38. The summed E-state index contributed by atoms with van der Waals surface area (Å²) in [5, 5.41) is 19.5. The Balaban J connectivity index is 2.88. The van der Waals surface area contributed by atoms with E-state index in [1.54, 1.807) is 6.92 Å². The van der Waals surface area contributed by atoms with Crippen molar-refractivity contribution < 1.29 is 24.3 Å². The molecular weight excluding hydrogens is 242 g/mol. The number of nitrogens with zero attached hydrogens (tertiary/aromatic N) is 1. The Morgan fingerprint density at radius 3 is 2.67 bits per heavy atom. The summed E-state index contributed by atoms with van der Waals surface area (Å²) in [4.78, 5) is 20.9. The lowest BCUT2D eigenvalue weighted by Gasteiger charge is -2.14. The van der Waals surface area contributed by atoms with Crippen molar-refractivity contribution in [1.29, 1.82) is 0 Å². The van der Waals surface area contributed by atoms with E-state index in [1.165, 1.54) is 25.3 Å². The first kappa shape index (κ1) is 13.9. The van der Waals surface area contributed by atoms with Gasteiger partial charge in [-0.1, -0.05) is 0 Å². The van der Waals surface area contributed by atoms with E-state index >= 15 is 0 Å². The summed E-state index contributed by atoms with van der Waals surface area (Å²) in [7, 11) is 1.36. The number of hydrogen-bond donors (Lipinski definition) is 1. The van der Waals surface area contributed by atoms with Gasteiger partial charge in [0.2, 0.25) is 6.10 Å². The molecule has 0 fully saturated rings. The first-order valence-electron chi connectivity index (χ1n) is 5.09. The smallest absolute Gasteiger partial charge is 0.347 e. The number of ether oxygens (including phenoxy) is 2. The first-order valence-corrected chi connectivity index (χ1v) is 5.09. The van der Waals surface area contributed by atoms with Crippen LogP contribution in [0.25, 0.3) is 0 Å². The minimum atomic E-state index is -1.16. The Bertz CT molecular complexity index is 459. The molecule has 1 unspecified atom stereocenters. The number of carboxylic acids is 1. The number of hydrogen-bond acceptors (Lipinski definition) is 5. The minimum Gasteiger partial charge on any atom is -0.478 e. The number of aryl methyl sites for hydroxylation is 1. The normalized spacial score (nSPS) is 11.9. The van der Waals surface area contributed by atoms with E-state index < -0.39 is 17.0 Å². The topological polar surface area (TPSA) is 98.9 Å². The molecule has 18 heavy (non-hydrogen) atoms. The maximum absolute atomic E-state index is 10.8. The molecule has 0 radical (unpaired) electrons. The molecule has 1 aromatic carbocycles. The monoisotopic (exact) mass is 255 g/mol. The van der Waals surface area contributed by atoms with E-state index in [-0.39, 0.29) is 18.0 Å². The summed E-state index contributed by atoms with van der Waals surface area (Å²) >= 11 is 0. The van der Waals surface area contributed by atoms with Gasteiger partial charge in [-0.15, -0.1) is 0 Å². The largest absolute Gasteiger partial charge is 0.478 e. The van der Waals surface area contributed by atoms with Crippen molar-refractivity contribution in [2.24, 2.45) is 0 Å². The SMILES string of the molecule is COCC(Oc1ccc([N+](=O)[O-])c(C)c1)C(=O)O. The summed E-state index contributed by atoms with van der Waals surface area (Å²) in [5.41, 5.74) is 0.361. The first-order chi connectivity index (χ1) is 8.45. The molecule has 98 valence electrons. The van der Waals surface area contributed by atoms with Crippen molar-refractivity contribution in [3.63, 3.8) is 0 Å². The van der Waals surface area contributed by atoms with Crippen molar-refractivity contribution in [1.82, 2.24) is 0 Å². The molecule has 1 N–H and O–H groups in total. The molecule has 0 heterocycles. The number of rotatable bonds is 6. The van der Waals surface area contributed by atoms with Gasteiger partial charge in [0, 0.05) is 18.7 Å². The van der Waals surface area contributed by atoms with Crippen LogP contribution in [0.1, 0.15) is 5.56 Å². The van der Waals surface area contributed by atoms with Crippen molar-refractivity contribution >= 4 is 11.7 Å². The van der Waals surface area contributed by atoms with E-state index in [1.807, 2.05) is 0 Å². The van der Waals surface area contributed by atoms with Gasteiger partial charge in [0.15, 0.2) is 0 Å². The lowest BCUT2D eigenvalue weighted by molar-refractivity contribution is -0.385. The van der Waals surface area contributed by atoms with Crippen LogP contribution < -0.4 is 4.74 Å². The van der Waals surface area contributed by atoms with Crippen LogP contribution in [0.2, 0.25) is 0 Å². The zero-order chi connectivity index (χ0) is 13.7. The zero-order valence-electron chi connectivity index (χ0n) is 9.95. The highest BCUT2D eigenvalue weighted by molar-refractivity contribution is 5.73. The Morgan fingerprint density at radius 1 is 1.56 bits per heavy atom. The van der Waals surface area contributed by atoms with Gasteiger partial charge in [0.05, 0.1) is 11.5 Å². The quantitative estimate of drug-likeness (QED) is 0.609. The Hall–Kier alpha value is -2.15. The highest BCUT2D eigenvalue weighted by Crippen LogP contribution is 2.23. The number of methoxy groups -OCH3 is 1. The molecule has 0 aromatic heterocycles. The van der Waals surface area contributed by atoms with Crippen LogP contribution in [-0.2, 0) is 9.53 Å². The summed E-state index contributed by atoms with van der Waals surface area (Å²) in [6, 6.07) is 4.05. The molecule has 7 heteroatoms. The molecule has 0 saturated carbocycles. The Kier molecular flexibility index (Phi) is 4.61. The lowest BCUT2D eigenvalue weighted by Crippen LogP contribution is -2.31. The Morgan fingerprint density at radius 2 is 2.22 bits per heavy atom. The maximum atomic E-state index is 10.8.